The van der Waals surface area contributed by atoms with Gasteiger partial charge in [0, 0.05) is 12.1 Å². The zero-order valence-corrected chi connectivity index (χ0v) is 12.0. The lowest BCUT2D eigenvalue weighted by atomic mass is 10.1. The third kappa shape index (κ3) is 3.62. The van der Waals surface area contributed by atoms with E-state index >= 15 is 0 Å². The molecule has 0 fully saturated rings. The molecule has 0 aliphatic rings. The Bertz CT molecular complexity index is 802. The third-order valence-corrected chi connectivity index (χ3v) is 3.02. The number of nitrogens with zero attached hydrogens (tertiary/aromatic N) is 2. The normalized spacial score (nSPS) is 10.7. The van der Waals surface area contributed by atoms with Gasteiger partial charge in [-0.15, -0.1) is 0 Å². The average molecular weight is 314 g/mol. The molecule has 2 aromatic carbocycles. The molecule has 0 aliphatic carbocycles. The highest BCUT2D eigenvalue weighted by Gasteiger charge is 2.10. The number of hydrogen-bond donors (Lipinski definition) is 2. The van der Waals surface area contributed by atoms with Crippen LogP contribution in [0, 0.1) is 17.0 Å². The molecule has 0 unspecified atom stereocenters. The number of nitro groups is 1. The maximum atomic E-state index is 11.9. The van der Waals surface area contributed by atoms with E-state index in [4.69, 9.17) is 0 Å². The second-order valence-electron chi connectivity index (χ2n) is 4.65. The van der Waals surface area contributed by atoms with Crippen LogP contribution < -0.4 is 10.5 Å². The Labute approximate surface area is 130 Å². The molecule has 2 N–H and O–H groups in total. The minimum Gasteiger partial charge on any atom is -0.872 e. The topological polar surface area (TPSA) is 128 Å². The molecular formula is C15H12N3O5-. The van der Waals surface area contributed by atoms with E-state index in [1.54, 1.807) is 12.1 Å². The highest BCUT2D eigenvalue weighted by atomic mass is 16.6. The van der Waals surface area contributed by atoms with Gasteiger partial charge in [0.25, 0.3) is 11.6 Å². The van der Waals surface area contributed by atoms with E-state index in [-0.39, 0.29) is 28.1 Å². The van der Waals surface area contributed by atoms with Crippen molar-refractivity contribution < 1.29 is 19.9 Å². The number of para-hydroxylation sites is 1. The Kier molecular flexibility index (Phi) is 4.55. The summed E-state index contributed by atoms with van der Waals surface area (Å²) in [4.78, 5) is 22.0. The van der Waals surface area contributed by atoms with Crippen LogP contribution in [0.3, 0.4) is 0 Å². The molecule has 8 nitrogen and oxygen atoms in total. The van der Waals surface area contributed by atoms with Crippen LogP contribution in [0.5, 0.6) is 11.5 Å². The van der Waals surface area contributed by atoms with E-state index in [1.165, 1.54) is 25.1 Å². The number of phenolic OH excluding ortho intramolecular Hbond substituents is 1. The summed E-state index contributed by atoms with van der Waals surface area (Å²) >= 11 is 0. The predicted octanol–water partition coefficient (Wildman–Crippen LogP) is 1.45. The van der Waals surface area contributed by atoms with Gasteiger partial charge in [-0.05, 0) is 24.6 Å². The zero-order valence-electron chi connectivity index (χ0n) is 12.0. The molecule has 0 radical (unpaired) electrons. The summed E-state index contributed by atoms with van der Waals surface area (Å²) < 4.78 is 0. The Morgan fingerprint density at radius 3 is 2.70 bits per heavy atom. The number of nitrogens with one attached hydrogen (secondary N) is 1. The molecule has 8 heteroatoms. The molecule has 0 saturated heterocycles. The molecule has 0 bridgehead atoms. The van der Waals surface area contributed by atoms with E-state index in [2.05, 4.69) is 10.5 Å². The van der Waals surface area contributed by atoms with Crippen molar-refractivity contribution in [2.45, 2.75) is 6.92 Å². The largest absolute Gasteiger partial charge is 0.872 e. The number of hydrazone groups is 1. The first-order valence-electron chi connectivity index (χ1n) is 6.47. The van der Waals surface area contributed by atoms with Gasteiger partial charge in [-0.2, -0.15) is 5.10 Å². The number of aryl methyl sites for hydroxylation is 1. The monoisotopic (exact) mass is 314 g/mol. The van der Waals surface area contributed by atoms with Crippen LogP contribution in [0.1, 0.15) is 21.5 Å². The van der Waals surface area contributed by atoms with E-state index in [1.807, 2.05) is 0 Å². The van der Waals surface area contributed by atoms with E-state index in [9.17, 15) is 25.1 Å². The van der Waals surface area contributed by atoms with Crippen molar-refractivity contribution in [2.75, 3.05) is 0 Å². The summed E-state index contributed by atoms with van der Waals surface area (Å²) in [7, 11) is 0. The van der Waals surface area contributed by atoms with Gasteiger partial charge in [0.1, 0.15) is 5.75 Å². The van der Waals surface area contributed by atoms with Gasteiger partial charge in [0.2, 0.25) is 0 Å². The highest BCUT2D eigenvalue weighted by molar-refractivity contribution is 5.97. The minimum absolute atomic E-state index is 0.0159. The van der Waals surface area contributed by atoms with Crippen molar-refractivity contribution in [1.82, 2.24) is 5.43 Å². The number of phenols is 1. The molecule has 23 heavy (non-hydrogen) atoms. The number of amides is 1. The first kappa shape index (κ1) is 16.0. The number of carbonyl (C=O) groups is 1. The van der Waals surface area contributed by atoms with E-state index in [0.717, 1.165) is 12.3 Å². The minimum atomic E-state index is -0.672. The maximum absolute atomic E-state index is 11.9. The summed E-state index contributed by atoms with van der Waals surface area (Å²) in [6, 6.07) is 8.11. The second kappa shape index (κ2) is 6.56. The lowest BCUT2D eigenvalue weighted by Crippen LogP contribution is -2.17. The lowest BCUT2D eigenvalue weighted by Gasteiger charge is -2.13. The summed E-state index contributed by atoms with van der Waals surface area (Å²) in [5.41, 5.74) is 2.10. The van der Waals surface area contributed by atoms with Crippen molar-refractivity contribution in [1.29, 1.82) is 0 Å². The number of nitro benzene ring substituents is 1. The van der Waals surface area contributed by atoms with E-state index in [0.29, 0.717) is 0 Å². The van der Waals surface area contributed by atoms with Crippen molar-refractivity contribution in [3.05, 3.63) is 63.2 Å². The zero-order chi connectivity index (χ0) is 17.0. The molecule has 0 heterocycles. The summed E-state index contributed by atoms with van der Waals surface area (Å²) in [5, 5.41) is 35.8. The fourth-order valence-electron chi connectivity index (χ4n) is 1.87. The van der Waals surface area contributed by atoms with Crippen molar-refractivity contribution >= 4 is 17.8 Å². The van der Waals surface area contributed by atoms with Gasteiger partial charge < -0.3 is 10.2 Å². The number of carbonyl (C=O) groups excluding carboxylic acids is 1. The first-order chi connectivity index (χ1) is 10.9. The second-order valence-corrected chi connectivity index (χ2v) is 4.65. The fraction of sp³-hybridized carbons (Fsp3) is 0.0667. The molecule has 0 aliphatic heterocycles. The quantitative estimate of drug-likeness (QED) is 0.501. The Morgan fingerprint density at radius 1 is 1.35 bits per heavy atom. The molecule has 1 amide bonds. The first-order valence-corrected chi connectivity index (χ1v) is 6.47. The van der Waals surface area contributed by atoms with Gasteiger partial charge in [0.05, 0.1) is 16.7 Å². The molecule has 2 rings (SSSR count). The summed E-state index contributed by atoms with van der Waals surface area (Å²) in [6.07, 6.45) is 1.03. The predicted molar refractivity (Wildman–Crippen MR) is 80.4 cm³/mol. The van der Waals surface area contributed by atoms with Crippen LogP contribution in [-0.2, 0) is 0 Å². The molecule has 0 saturated carbocycles. The standard InChI is InChI=1S/C15H13N3O5/c1-9-6-11(18(22)23)7-10(14(9)20)8-16-17-15(21)12-4-2-3-5-13(12)19/h2-8,19-20H,1H3,(H,17,21)/p-1/b16-8+. The SMILES string of the molecule is Cc1cc([N+](=O)[O-])cc(/C=N/NC(=O)c2ccccc2O)c1[O-]. The van der Waals surface area contributed by atoms with Gasteiger partial charge in [-0.3, -0.25) is 14.9 Å². The number of rotatable bonds is 4. The number of non-ortho nitro benzene ring substituents is 1. The van der Waals surface area contributed by atoms with Crippen LogP contribution in [0.25, 0.3) is 0 Å². The van der Waals surface area contributed by atoms with Crippen molar-refractivity contribution in [2.24, 2.45) is 5.10 Å². The summed E-state index contributed by atoms with van der Waals surface area (Å²) in [5.74, 6) is -1.30. The number of aromatic hydroxyl groups is 1. The van der Waals surface area contributed by atoms with Crippen LogP contribution in [0.15, 0.2) is 41.5 Å². The van der Waals surface area contributed by atoms with Gasteiger partial charge in [-0.25, -0.2) is 5.43 Å². The molecule has 118 valence electrons. The van der Waals surface area contributed by atoms with E-state index < -0.39 is 16.6 Å². The smallest absolute Gasteiger partial charge is 0.275 e. The Balaban J connectivity index is 2.19. The highest BCUT2D eigenvalue weighted by Crippen LogP contribution is 2.24. The maximum Gasteiger partial charge on any atom is 0.275 e. The van der Waals surface area contributed by atoms with Crippen LogP contribution in [-0.4, -0.2) is 22.2 Å². The Morgan fingerprint density at radius 2 is 2.04 bits per heavy atom. The van der Waals surface area contributed by atoms with Crippen molar-refractivity contribution in [3.63, 3.8) is 0 Å². The van der Waals surface area contributed by atoms with Gasteiger partial charge >= 0.3 is 0 Å². The van der Waals surface area contributed by atoms with Crippen LogP contribution in [0.2, 0.25) is 0 Å². The molecule has 0 aromatic heterocycles. The van der Waals surface area contributed by atoms with Gasteiger partial charge in [0.15, 0.2) is 0 Å². The fourth-order valence-corrected chi connectivity index (χ4v) is 1.87. The molecule has 0 atom stereocenters. The van der Waals surface area contributed by atoms with Crippen molar-refractivity contribution in [3.8, 4) is 11.5 Å². The molecular weight excluding hydrogens is 302 g/mol. The molecule has 2 aromatic rings. The average Bonchev–Trinajstić information content (AvgIpc) is 2.51. The van der Waals surface area contributed by atoms with Crippen LogP contribution >= 0.6 is 0 Å². The lowest BCUT2D eigenvalue weighted by molar-refractivity contribution is -0.385. The summed E-state index contributed by atoms with van der Waals surface area (Å²) in [6.45, 7) is 1.45. The number of benzene rings is 2. The van der Waals surface area contributed by atoms with Crippen LogP contribution in [0.4, 0.5) is 5.69 Å². The van der Waals surface area contributed by atoms with Gasteiger partial charge in [-0.1, -0.05) is 23.4 Å². The number of hydrogen-bond acceptors (Lipinski definition) is 6. The third-order valence-electron chi connectivity index (χ3n) is 3.02. The Hall–Kier alpha value is -3.42. The molecule has 0 spiro atoms.